The molecule has 0 heterocycles. The molecule has 0 saturated heterocycles. The first-order valence-corrected chi connectivity index (χ1v) is 7.15. The average Bonchev–Trinajstić information content (AvgIpc) is 2.55. The van der Waals surface area contributed by atoms with Crippen LogP contribution in [0.1, 0.15) is 5.56 Å². The number of ether oxygens (including phenoxy) is 3. The highest BCUT2D eigenvalue weighted by molar-refractivity contribution is 6.32. The molecule has 0 spiro atoms. The Hall–Kier alpha value is -2.60. The Morgan fingerprint density at radius 3 is 2.50 bits per heavy atom. The van der Waals surface area contributed by atoms with E-state index in [2.05, 4.69) is 4.74 Å². The number of hydrogen-bond acceptors (Lipinski definition) is 4. The monoisotopic (exact) mass is 354 g/mol. The van der Waals surface area contributed by atoms with Gasteiger partial charge in [-0.25, -0.2) is 4.79 Å². The fourth-order valence-electron chi connectivity index (χ4n) is 1.87. The maximum absolute atomic E-state index is 12.5. The largest absolute Gasteiger partial charge is 0.493 e. The molecule has 0 aliphatic carbocycles. The fraction of sp³-hybridized carbons (Fsp3) is 0.118. The van der Waals surface area contributed by atoms with Crippen molar-refractivity contribution in [2.24, 2.45) is 0 Å². The van der Waals surface area contributed by atoms with Crippen LogP contribution < -0.4 is 14.2 Å². The molecule has 0 unspecified atom stereocenters. The van der Waals surface area contributed by atoms with E-state index in [1.165, 1.54) is 31.4 Å². The number of hydrogen-bond donors (Lipinski definition) is 0. The Labute approximate surface area is 142 Å². The van der Waals surface area contributed by atoms with Gasteiger partial charge < -0.3 is 14.2 Å². The van der Waals surface area contributed by atoms with Gasteiger partial charge >= 0.3 is 12.6 Å². The first-order valence-electron chi connectivity index (χ1n) is 6.77. The maximum Gasteiger partial charge on any atom is 0.387 e. The molecule has 0 saturated carbocycles. The predicted octanol–water partition coefficient (Wildman–Crippen LogP) is 4.57. The highest BCUT2D eigenvalue weighted by atomic mass is 35.5. The Bertz CT molecular complexity index is 747. The standard InChI is InChI=1S/C17H13ClF2O4/c1-22-14-8-4-5-11(16(14)24-17(19)20)9-10-15(21)23-13-7-3-2-6-12(13)18/h2-10,17H,1H3/b10-9+. The number of benzene rings is 2. The summed E-state index contributed by atoms with van der Waals surface area (Å²) in [6.07, 6.45) is 2.37. The molecular weight excluding hydrogens is 342 g/mol. The average molecular weight is 355 g/mol. The van der Waals surface area contributed by atoms with Crippen LogP contribution in [0.3, 0.4) is 0 Å². The molecule has 0 aromatic heterocycles. The van der Waals surface area contributed by atoms with Crippen molar-refractivity contribution < 1.29 is 27.8 Å². The van der Waals surface area contributed by atoms with Crippen LogP contribution in [0.25, 0.3) is 6.08 Å². The Morgan fingerprint density at radius 1 is 1.12 bits per heavy atom. The number of para-hydroxylation sites is 2. The number of halogens is 3. The van der Waals surface area contributed by atoms with Gasteiger partial charge in [0, 0.05) is 11.6 Å². The summed E-state index contributed by atoms with van der Waals surface area (Å²) < 4.78 is 39.6. The Balaban J connectivity index is 2.19. The second-order valence-electron chi connectivity index (χ2n) is 4.44. The molecule has 2 rings (SSSR count). The minimum Gasteiger partial charge on any atom is -0.493 e. The van der Waals surface area contributed by atoms with Gasteiger partial charge in [-0.15, -0.1) is 0 Å². The van der Waals surface area contributed by atoms with E-state index >= 15 is 0 Å². The molecule has 0 radical (unpaired) electrons. The van der Waals surface area contributed by atoms with E-state index in [1.54, 1.807) is 24.3 Å². The normalized spacial score (nSPS) is 10.9. The van der Waals surface area contributed by atoms with Crippen LogP contribution in [0.2, 0.25) is 5.02 Å². The third-order valence-electron chi connectivity index (χ3n) is 2.88. The zero-order chi connectivity index (χ0) is 17.5. The molecule has 2 aromatic rings. The maximum atomic E-state index is 12.5. The highest BCUT2D eigenvalue weighted by Gasteiger charge is 2.14. The quantitative estimate of drug-likeness (QED) is 0.433. The minimum atomic E-state index is -3.02. The lowest BCUT2D eigenvalue weighted by Crippen LogP contribution is -2.06. The van der Waals surface area contributed by atoms with Crippen molar-refractivity contribution in [2.45, 2.75) is 6.61 Å². The zero-order valence-electron chi connectivity index (χ0n) is 12.5. The summed E-state index contributed by atoms with van der Waals surface area (Å²) in [4.78, 5) is 11.8. The van der Waals surface area contributed by atoms with Gasteiger partial charge in [-0.2, -0.15) is 8.78 Å². The third-order valence-corrected chi connectivity index (χ3v) is 3.19. The minimum absolute atomic E-state index is 0.122. The molecule has 0 fully saturated rings. The summed E-state index contributed by atoms with van der Waals surface area (Å²) in [6, 6.07) is 11.0. The first kappa shape index (κ1) is 17.7. The summed E-state index contributed by atoms with van der Waals surface area (Å²) in [5.74, 6) is -0.564. The Kier molecular flexibility index (Phi) is 6.14. The number of carbonyl (C=O) groups excluding carboxylic acids is 1. The van der Waals surface area contributed by atoms with Crippen molar-refractivity contribution in [3.05, 3.63) is 59.1 Å². The molecule has 7 heteroatoms. The molecule has 126 valence electrons. The van der Waals surface area contributed by atoms with Gasteiger partial charge in [0.2, 0.25) is 0 Å². The van der Waals surface area contributed by atoms with Crippen LogP contribution in [0, 0.1) is 0 Å². The number of alkyl halides is 2. The Morgan fingerprint density at radius 2 is 1.83 bits per heavy atom. The highest BCUT2D eigenvalue weighted by Crippen LogP contribution is 2.33. The van der Waals surface area contributed by atoms with E-state index in [-0.39, 0.29) is 27.8 Å². The van der Waals surface area contributed by atoms with Crippen LogP contribution in [0.15, 0.2) is 48.5 Å². The number of esters is 1. The molecule has 0 atom stereocenters. The van der Waals surface area contributed by atoms with Crippen molar-refractivity contribution in [3.8, 4) is 17.2 Å². The van der Waals surface area contributed by atoms with Gasteiger partial charge in [0.05, 0.1) is 12.1 Å². The summed E-state index contributed by atoms with van der Waals surface area (Å²) in [6.45, 7) is -3.02. The molecular formula is C17H13ClF2O4. The molecule has 0 bridgehead atoms. The van der Waals surface area contributed by atoms with Gasteiger partial charge in [-0.05, 0) is 24.3 Å². The molecule has 24 heavy (non-hydrogen) atoms. The topological polar surface area (TPSA) is 44.8 Å². The molecule has 0 aliphatic rings. The fourth-order valence-corrected chi connectivity index (χ4v) is 2.04. The van der Waals surface area contributed by atoms with Gasteiger partial charge in [0.15, 0.2) is 11.5 Å². The first-order chi connectivity index (χ1) is 11.5. The van der Waals surface area contributed by atoms with E-state index in [0.29, 0.717) is 0 Å². The third kappa shape index (κ3) is 4.70. The van der Waals surface area contributed by atoms with Crippen LogP contribution in [-0.4, -0.2) is 19.7 Å². The number of methoxy groups -OCH3 is 1. The van der Waals surface area contributed by atoms with E-state index in [0.717, 1.165) is 6.08 Å². The van der Waals surface area contributed by atoms with Gasteiger partial charge in [-0.3, -0.25) is 0 Å². The van der Waals surface area contributed by atoms with E-state index in [1.807, 2.05) is 0 Å². The molecule has 0 amide bonds. The number of carbonyl (C=O) groups is 1. The SMILES string of the molecule is COc1cccc(/C=C/C(=O)Oc2ccccc2Cl)c1OC(F)F. The van der Waals surface area contributed by atoms with Crippen LogP contribution in [0.4, 0.5) is 8.78 Å². The van der Waals surface area contributed by atoms with E-state index in [9.17, 15) is 13.6 Å². The zero-order valence-corrected chi connectivity index (χ0v) is 13.3. The van der Waals surface area contributed by atoms with Crippen LogP contribution >= 0.6 is 11.6 Å². The van der Waals surface area contributed by atoms with Crippen LogP contribution in [0.5, 0.6) is 17.2 Å². The van der Waals surface area contributed by atoms with Gasteiger partial charge in [0.25, 0.3) is 0 Å². The smallest absolute Gasteiger partial charge is 0.387 e. The van der Waals surface area contributed by atoms with Crippen molar-refractivity contribution in [1.82, 2.24) is 0 Å². The summed E-state index contributed by atoms with van der Waals surface area (Å²) in [5, 5.41) is 0.280. The van der Waals surface area contributed by atoms with E-state index < -0.39 is 12.6 Å². The van der Waals surface area contributed by atoms with E-state index in [4.69, 9.17) is 21.1 Å². The lowest BCUT2D eigenvalue weighted by molar-refractivity contribution is -0.128. The molecule has 0 aliphatic heterocycles. The van der Waals surface area contributed by atoms with Gasteiger partial charge in [0.1, 0.15) is 5.75 Å². The van der Waals surface area contributed by atoms with Gasteiger partial charge in [-0.1, -0.05) is 35.9 Å². The van der Waals surface area contributed by atoms with Crippen LogP contribution in [-0.2, 0) is 4.79 Å². The summed E-state index contributed by atoms with van der Waals surface area (Å²) >= 11 is 5.89. The second kappa shape index (κ2) is 8.31. The van der Waals surface area contributed by atoms with Crippen molar-refractivity contribution in [3.63, 3.8) is 0 Å². The summed E-state index contributed by atoms with van der Waals surface area (Å²) in [5.41, 5.74) is 0.241. The second-order valence-corrected chi connectivity index (χ2v) is 4.85. The summed E-state index contributed by atoms with van der Waals surface area (Å²) in [7, 11) is 1.33. The molecule has 4 nitrogen and oxygen atoms in total. The lowest BCUT2D eigenvalue weighted by atomic mass is 10.1. The molecule has 2 aromatic carbocycles. The molecule has 0 N–H and O–H groups in total. The predicted molar refractivity (Wildman–Crippen MR) is 85.7 cm³/mol. The van der Waals surface area contributed by atoms with Crippen molar-refractivity contribution in [2.75, 3.05) is 7.11 Å². The van der Waals surface area contributed by atoms with Crippen molar-refractivity contribution in [1.29, 1.82) is 0 Å². The lowest BCUT2D eigenvalue weighted by Gasteiger charge is -2.12. The number of rotatable bonds is 6. The van der Waals surface area contributed by atoms with Crippen molar-refractivity contribution >= 4 is 23.6 Å².